The number of hydrogen-bond acceptors (Lipinski definition) is 3. The van der Waals surface area contributed by atoms with Crippen LogP contribution in [0.1, 0.15) is 20.3 Å². The topological polar surface area (TPSA) is 38.5 Å². The van der Waals surface area contributed by atoms with Gasteiger partial charge in [0.05, 0.1) is 11.8 Å². The molecule has 1 fully saturated rings. The van der Waals surface area contributed by atoms with E-state index < -0.39 is 0 Å². The van der Waals surface area contributed by atoms with Gasteiger partial charge in [-0.25, -0.2) is 0 Å². The fourth-order valence-electron chi connectivity index (χ4n) is 2.08. The quantitative estimate of drug-likeness (QED) is 0.847. The largest absolute Gasteiger partial charge is 0.489 e. The highest BCUT2D eigenvalue weighted by molar-refractivity contribution is 5.59. The molecule has 1 aliphatic heterocycles. The van der Waals surface area contributed by atoms with Gasteiger partial charge in [-0.1, -0.05) is 12.1 Å². The van der Waals surface area contributed by atoms with Gasteiger partial charge in [0.25, 0.3) is 0 Å². The zero-order valence-electron chi connectivity index (χ0n) is 10.0. The predicted molar refractivity (Wildman–Crippen MR) is 67.0 cm³/mol. The highest BCUT2D eigenvalue weighted by Gasteiger charge is 2.21. The third-order valence-electron chi connectivity index (χ3n) is 2.79. The molecule has 1 aromatic rings. The smallest absolute Gasteiger partial charge is 0.142 e. The summed E-state index contributed by atoms with van der Waals surface area (Å²) in [4.78, 5) is 2.31. The van der Waals surface area contributed by atoms with Crippen LogP contribution in [0.2, 0.25) is 0 Å². The first kappa shape index (κ1) is 11.3. The molecule has 0 radical (unpaired) electrons. The number of para-hydroxylation sites is 2. The Bertz CT molecular complexity index is 352. The average molecular weight is 220 g/mol. The maximum absolute atomic E-state index is 5.93. The molecular formula is C13H20N2O. The van der Waals surface area contributed by atoms with E-state index in [-0.39, 0.29) is 6.10 Å². The summed E-state index contributed by atoms with van der Waals surface area (Å²) in [6, 6.07) is 8.49. The fourth-order valence-corrected chi connectivity index (χ4v) is 2.08. The standard InChI is InChI=1S/C13H20N2O/c1-10(2)16-13-6-4-3-5-12(13)15-8-7-11(14)9-15/h3-6,10-11H,7-9,14H2,1-2H3. The van der Waals surface area contributed by atoms with Gasteiger partial charge in [-0.2, -0.15) is 0 Å². The van der Waals surface area contributed by atoms with Crippen LogP contribution in [-0.4, -0.2) is 25.2 Å². The van der Waals surface area contributed by atoms with Gasteiger partial charge in [0.1, 0.15) is 5.75 Å². The second-order valence-corrected chi connectivity index (χ2v) is 4.63. The first-order valence-corrected chi connectivity index (χ1v) is 5.93. The molecule has 2 rings (SSSR count). The molecule has 1 saturated heterocycles. The van der Waals surface area contributed by atoms with Crippen LogP contribution in [0.5, 0.6) is 5.75 Å². The summed E-state index contributed by atoms with van der Waals surface area (Å²) < 4.78 is 5.81. The highest BCUT2D eigenvalue weighted by atomic mass is 16.5. The number of nitrogens with zero attached hydrogens (tertiary/aromatic N) is 1. The Hall–Kier alpha value is -1.22. The molecule has 1 heterocycles. The monoisotopic (exact) mass is 220 g/mol. The molecule has 3 nitrogen and oxygen atoms in total. The van der Waals surface area contributed by atoms with Crippen molar-refractivity contribution >= 4 is 5.69 Å². The van der Waals surface area contributed by atoms with Gasteiger partial charge in [-0.3, -0.25) is 0 Å². The van der Waals surface area contributed by atoms with Crippen molar-refractivity contribution in [1.82, 2.24) is 0 Å². The first-order valence-electron chi connectivity index (χ1n) is 5.93. The van der Waals surface area contributed by atoms with Gasteiger partial charge in [-0.15, -0.1) is 0 Å². The summed E-state index contributed by atoms with van der Waals surface area (Å²) in [5.41, 5.74) is 7.10. The van der Waals surface area contributed by atoms with E-state index in [0.717, 1.165) is 25.3 Å². The minimum atomic E-state index is 0.206. The van der Waals surface area contributed by atoms with Crippen molar-refractivity contribution in [2.45, 2.75) is 32.4 Å². The Morgan fingerprint density at radius 2 is 2.12 bits per heavy atom. The van der Waals surface area contributed by atoms with Crippen LogP contribution in [0.15, 0.2) is 24.3 Å². The zero-order valence-corrected chi connectivity index (χ0v) is 10.0. The van der Waals surface area contributed by atoms with Crippen molar-refractivity contribution < 1.29 is 4.74 Å². The average Bonchev–Trinajstić information content (AvgIpc) is 2.65. The van der Waals surface area contributed by atoms with E-state index in [1.807, 2.05) is 32.0 Å². The lowest BCUT2D eigenvalue weighted by Crippen LogP contribution is -2.26. The number of benzene rings is 1. The third-order valence-corrected chi connectivity index (χ3v) is 2.79. The van der Waals surface area contributed by atoms with Crippen LogP contribution in [-0.2, 0) is 0 Å². The van der Waals surface area contributed by atoms with E-state index in [1.54, 1.807) is 0 Å². The summed E-state index contributed by atoms with van der Waals surface area (Å²) in [5.74, 6) is 0.964. The van der Waals surface area contributed by atoms with Gasteiger partial charge in [0, 0.05) is 19.1 Å². The van der Waals surface area contributed by atoms with E-state index in [2.05, 4.69) is 11.0 Å². The molecule has 88 valence electrons. The summed E-state index contributed by atoms with van der Waals surface area (Å²) in [5, 5.41) is 0. The van der Waals surface area contributed by atoms with Gasteiger partial charge >= 0.3 is 0 Å². The van der Waals surface area contributed by atoms with Crippen molar-refractivity contribution in [3.63, 3.8) is 0 Å². The Labute approximate surface area is 97.2 Å². The van der Waals surface area contributed by atoms with Crippen molar-refractivity contribution in [1.29, 1.82) is 0 Å². The minimum Gasteiger partial charge on any atom is -0.489 e. The molecule has 0 spiro atoms. The summed E-state index contributed by atoms with van der Waals surface area (Å²) in [7, 11) is 0. The van der Waals surface area contributed by atoms with E-state index in [0.29, 0.717) is 6.04 Å². The fraction of sp³-hybridized carbons (Fsp3) is 0.538. The molecule has 0 bridgehead atoms. The molecule has 1 aliphatic rings. The summed E-state index contributed by atoms with van der Waals surface area (Å²) >= 11 is 0. The van der Waals surface area contributed by atoms with Crippen molar-refractivity contribution in [2.75, 3.05) is 18.0 Å². The predicted octanol–water partition coefficient (Wildman–Crippen LogP) is 2.01. The lowest BCUT2D eigenvalue weighted by Gasteiger charge is -2.22. The third kappa shape index (κ3) is 2.47. The maximum atomic E-state index is 5.93. The lowest BCUT2D eigenvalue weighted by atomic mass is 10.2. The molecule has 0 aliphatic carbocycles. The Kier molecular flexibility index (Phi) is 3.34. The molecule has 0 amide bonds. The first-order chi connectivity index (χ1) is 7.66. The second-order valence-electron chi connectivity index (χ2n) is 4.63. The molecule has 2 N–H and O–H groups in total. The molecule has 0 aromatic heterocycles. The number of nitrogens with two attached hydrogens (primary N) is 1. The van der Waals surface area contributed by atoms with Crippen molar-refractivity contribution in [3.05, 3.63) is 24.3 Å². The second kappa shape index (κ2) is 4.74. The zero-order chi connectivity index (χ0) is 11.5. The van der Waals surface area contributed by atoms with Gasteiger partial charge in [-0.05, 0) is 32.4 Å². The summed E-state index contributed by atoms with van der Waals surface area (Å²) in [6.07, 6.45) is 1.27. The molecule has 16 heavy (non-hydrogen) atoms. The van der Waals surface area contributed by atoms with E-state index in [4.69, 9.17) is 10.5 Å². The van der Waals surface area contributed by atoms with Crippen LogP contribution >= 0.6 is 0 Å². The summed E-state index contributed by atoms with van der Waals surface area (Å²) in [6.45, 7) is 6.05. The molecule has 1 aromatic carbocycles. The van der Waals surface area contributed by atoms with Crippen LogP contribution in [0.25, 0.3) is 0 Å². The number of hydrogen-bond donors (Lipinski definition) is 1. The van der Waals surface area contributed by atoms with E-state index in [9.17, 15) is 0 Å². The Morgan fingerprint density at radius 1 is 1.38 bits per heavy atom. The normalized spacial score (nSPS) is 20.5. The molecule has 3 heteroatoms. The Morgan fingerprint density at radius 3 is 2.75 bits per heavy atom. The van der Waals surface area contributed by atoms with Gasteiger partial charge in [0.15, 0.2) is 0 Å². The van der Waals surface area contributed by atoms with Crippen LogP contribution < -0.4 is 15.4 Å². The number of rotatable bonds is 3. The minimum absolute atomic E-state index is 0.206. The Balaban J connectivity index is 2.19. The molecular weight excluding hydrogens is 200 g/mol. The van der Waals surface area contributed by atoms with Crippen LogP contribution in [0, 0.1) is 0 Å². The molecule has 1 atom stereocenters. The van der Waals surface area contributed by atoms with E-state index in [1.165, 1.54) is 5.69 Å². The van der Waals surface area contributed by atoms with Crippen LogP contribution in [0.3, 0.4) is 0 Å². The molecule has 1 unspecified atom stereocenters. The van der Waals surface area contributed by atoms with Crippen molar-refractivity contribution in [3.8, 4) is 5.75 Å². The SMILES string of the molecule is CC(C)Oc1ccccc1N1CCC(N)C1. The lowest BCUT2D eigenvalue weighted by molar-refractivity contribution is 0.243. The van der Waals surface area contributed by atoms with E-state index >= 15 is 0 Å². The van der Waals surface area contributed by atoms with Crippen molar-refractivity contribution in [2.24, 2.45) is 5.73 Å². The van der Waals surface area contributed by atoms with Crippen LogP contribution in [0.4, 0.5) is 5.69 Å². The van der Waals surface area contributed by atoms with Gasteiger partial charge in [0.2, 0.25) is 0 Å². The number of ether oxygens (including phenoxy) is 1. The maximum Gasteiger partial charge on any atom is 0.142 e. The van der Waals surface area contributed by atoms with Gasteiger partial charge < -0.3 is 15.4 Å². The number of anilines is 1. The molecule has 0 saturated carbocycles. The highest BCUT2D eigenvalue weighted by Crippen LogP contribution is 2.30.